The molecule has 150 valence electrons. The molecular weight excluding hydrogens is 352 g/mol. The van der Waals surface area contributed by atoms with Crippen molar-refractivity contribution in [2.45, 2.75) is 51.0 Å². The van der Waals surface area contributed by atoms with Gasteiger partial charge in [-0.15, -0.1) is 0 Å². The van der Waals surface area contributed by atoms with Gasteiger partial charge in [-0.3, -0.25) is 9.59 Å². The van der Waals surface area contributed by atoms with Gasteiger partial charge in [0.05, 0.1) is 19.1 Å². The summed E-state index contributed by atoms with van der Waals surface area (Å²) in [4.78, 5) is 24.1. The van der Waals surface area contributed by atoms with Gasteiger partial charge in [0.25, 0.3) is 0 Å². The molecule has 2 amide bonds. The van der Waals surface area contributed by atoms with E-state index in [4.69, 9.17) is 4.74 Å². The number of hydrogen-bond donors (Lipinski definition) is 2. The number of nitrogens with one attached hydrogen (secondary N) is 2. The molecule has 0 bridgehead atoms. The van der Waals surface area contributed by atoms with Crippen LogP contribution in [0.4, 0.5) is 0 Å². The first-order valence-electron chi connectivity index (χ1n) is 10.3. The topological polar surface area (TPSA) is 67.4 Å². The van der Waals surface area contributed by atoms with E-state index in [1.54, 1.807) is 0 Å². The maximum atomic E-state index is 12.2. The minimum Gasteiger partial charge on any atom is -0.378 e. The van der Waals surface area contributed by atoms with Gasteiger partial charge in [0.1, 0.15) is 0 Å². The van der Waals surface area contributed by atoms with Gasteiger partial charge in [0.2, 0.25) is 11.8 Å². The number of hydrogen-bond acceptors (Lipinski definition) is 3. The summed E-state index contributed by atoms with van der Waals surface area (Å²) in [5.41, 5.74) is 0.968. The van der Waals surface area contributed by atoms with Crippen LogP contribution in [0.5, 0.6) is 0 Å². The molecule has 1 fully saturated rings. The second kappa shape index (κ2) is 10.8. The van der Waals surface area contributed by atoms with Gasteiger partial charge in [-0.05, 0) is 35.6 Å². The molecule has 0 aromatic heterocycles. The number of amides is 2. The summed E-state index contributed by atoms with van der Waals surface area (Å²) < 4.78 is 5.84. The van der Waals surface area contributed by atoms with E-state index in [0.29, 0.717) is 19.3 Å². The zero-order valence-electron chi connectivity index (χ0n) is 16.4. The van der Waals surface area contributed by atoms with Crippen LogP contribution in [0.25, 0.3) is 10.8 Å². The molecule has 0 unspecified atom stereocenters. The van der Waals surface area contributed by atoms with Crippen LogP contribution in [0.2, 0.25) is 0 Å². The second-order valence-electron chi connectivity index (χ2n) is 7.43. The Morgan fingerprint density at radius 1 is 0.929 bits per heavy atom. The number of fused-ring (bicyclic) bond motifs is 1. The minimum absolute atomic E-state index is 0.00703. The normalized spacial score (nSPS) is 14.7. The van der Waals surface area contributed by atoms with Crippen LogP contribution < -0.4 is 10.6 Å². The maximum Gasteiger partial charge on any atom is 0.239 e. The highest BCUT2D eigenvalue weighted by Gasteiger charge is 2.13. The van der Waals surface area contributed by atoms with Gasteiger partial charge < -0.3 is 15.4 Å². The van der Waals surface area contributed by atoms with Crippen LogP contribution in [0.15, 0.2) is 42.5 Å². The van der Waals surface area contributed by atoms with Crippen molar-refractivity contribution >= 4 is 22.6 Å². The fraction of sp³-hybridized carbons (Fsp3) is 0.478. The lowest BCUT2D eigenvalue weighted by atomic mass is 9.98. The van der Waals surface area contributed by atoms with Gasteiger partial charge in [-0.25, -0.2) is 0 Å². The van der Waals surface area contributed by atoms with Gasteiger partial charge >= 0.3 is 0 Å². The highest BCUT2D eigenvalue weighted by atomic mass is 16.5. The van der Waals surface area contributed by atoms with E-state index in [1.165, 1.54) is 19.3 Å². The Bertz CT molecular complexity index is 779. The number of rotatable bonds is 9. The molecule has 5 nitrogen and oxygen atoms in total. The van der Waals surface area contributed by atoms with Crippen molar-refractivity contribution in [2.75, 3.05) is 19.7 Å². The summed E-state index contributed by atoms with van der Waals surface area (Å²) in [6, 6.07) is 13.9. The van der Waals surface area contributed by atoms with Crippen molar-refractivity contribution in [3.63, 3.8) is 0 Å². The van der Waals surface area contributed by atoms with Crippen molar-refractivity contribution in [2.24, 2.45) is 0 Å². The predicted molar refractivity (Wildman–Crippen MR) is 111 cm³/mol. The van der Waals surface area contributed by atoms with E-state index in [0.717, 1.165) is 35.6 Å². The molecule has 2 aromatic rings. The van der Waals surface area contributed by atoms with Crippen molar-refractivity contribution < 1.29 is 14.3 Å². The Kier molecular flexibility index (Phi) is 7.85. The second-order valence-corrected chi connectivity index (χ2v) is 7.43. The highest BCUT2D eigenvalue weighted by Crippen LogP contribution is 2.20. The monoisotopic (exact) mass is 382 g/mol. The largest absolute Gasteiger partial charge is 0.378 e. The molecule has 0 aliphatic heterocycles. The molecule has 0 spiro atoms. The Labute approximate surface area is 166 Å². The highest BCUT2D eigenvalue weighted by molar-refractivity contribution is 5.91. The molecule has 28 heavy (non-hydrogen) atoms. The van der Waals surface area contributed by atoms with E-state index in [2.05, 4.69) is 10.6 Å². The fourth-order valence-electron chi connectivity index (χ4n) is 3.71. The molecule has 1 aliphatic carbocycles. The van der Waals surface area contributed by atoms with Crippen LogP contribution in [0.1, 0.15) is 44.1 Å². The van der Waals surface area contributed by atoms with Crippen LogP contribution >= 0.6 is 0 Å². The number of ether oxygens (including phenoxy) is 1. The first-order chi connectivity index (χ1) is 13.7. The van der Waals surface area contributed by atoms with Crippen LogP contribution in [0.3, 0.4) is 0 Å². The Morgan fingerprint density at radius 2 is 1.71 bits per heavy atom. The summed E-state index contributed by atoms with van der Waals surface area (Å²) in [6.07, 6.45) is 7.64. The molecule has 1 saturated carbocycles. The van der Waals surface area contributed by atoms with E-state index in [-0.39, 0.29) is 24.8 Å². The van der Waals surface area contributed by atoms with E-state index in [9.17, 15) is 9.59 Å². The molecule has 1 aliphatic rings. The zero-order chi connectivity index (χ0) is 19.6. The molecule has 0 atom stereocenters. The average molecular weight is 383 g/mol. The lowest BCUT2D eigenvalue weighted by Crippen LogP contribution is -2.38. The van der Waals surface area contributed by atoms with E-state index >= 15 is 0 Å². The first kappa shape index (κ1) is 20.3. The standard InChI is InChI=1S/C23H30N2O3/c26-22(16-19-10-6-9-18-8-4-5-13-21(18)19)25-17-23(27)24-14-7-15-28-20-11-2-1-3-12-20/h4-6,8-10,13,20H,1-3,7,11-12,14-17H2,(H,24,27)(H,25,26). The zero-order valence-corrected chi connectivity index (χ0v) is 16.4. The van der Waals surface area contributed by atoms with Crippen molar-refractivity contribution in [3.8, 4) is 0 Å². The third-order valence-corrected chi connectivity index (χ3v) is 5.23. The van der Waals surface area contributed by atoms with Gasteiger partial charge in [0.15, 0.2) is 0 Å². The molecule has 0 saturated heterocycles. The lowest BCUT2D eigenvalue weighted by molar-refractivity contribution is -0.125. The van der Waals surface area contributed by atoms with Crippen molar-refractivity contribution in [1.29, 1.82) is 0 Å². The summed E-state index contributed by atoms with van der Waals surface area (Å²) in [5, 5.41) is 7.73. The molecule has 2 N–H and O–H groups in total. The summed E-state index contributed by atoms with van der Waals surface area (Å²) in [5.74, 6) is -0.309. The van der Waals surface area contributed by atoms with Crippen LogP contribution in [-0.4, -0.2) is 37.6 Å². The minimum atomic E-state index is -0.163. The third-order valence-electron chi connectivity index (χ3n) is 5.23. The van der Waals surface area contributed by atoms with E-state index < -0.39 is 0 Å². The number of carbonyl (C=O) groups is 2. The SMILES string of the molecule is O=C(CNC(=O)Cc1cccc2ccccc12)NCCCOC1CCCCC1. The number of benzene rings is 2. The predicted octanol–water partition coefficient (Wildman–Crippen LogP) is 3.35. The Balaban J connectivity index is 1.31. The molecule has 2 aromatic carbocycles. The van der Waals surface area contributed by atoms with Crippen molar-refractivity contribution in [1.82, 2.24) is 10.6 Å². The maximum absolute atomic E-state index is 12.2. The van der Waals surface area contributed by atoms with Crippen molar-refractivity contribution in [3.05, 3.63) is 48.0 Å². The smallest absolute Gasteiger partial charge is 0.239 e. The van der Waals surface area contributed by atoms with Crippen LogP contribution in [0, 0.1) is 0 Å². The number of carbonyl (C=O) groups excluding carboxylic acids is 2. The summed E-state index contributed by atoms with van der Waals surface area (Å²) >= 11 is 0. The average Bonchev–Trinajstić information content (AvgIpc) is 2.73. The molecule has 0 radical (unpaired) electrons. The van der Waals surface area contributed by atoms with Gasteiger partial charge in [-0.1, -0.05) is 61.7 Å². The molecular formula is C23H30N2O3. The molecule has 0 heterocycles. The Morgan fingerprint density at radius 3 is 2.57 bits per heavy atom. The fourth-order valence-corrected chi connectivity index (χ4v) is 3.71. The molecule has 3 rings (SSSR count). The van der Waals surface area contributed by atoms with E-state index in [1.807, 2.05) is 42.5 Å². The summed E-state index contributed by atoms with van der Waals surface area (Å²) in [6.45, 7) is 1.26. The van der Waals surface area contributed by atoms with Crippen LogP contribution in [-0.2, 0) is 20.7 Å². The Hall–Kier alpha value is -2.40. The van der Waals surface area contributed by atoms with Gasteiger partial charge in [-0.2, -0.15) is 0 Å². The quantitative estimate of drug-likeness (QED) is 0.654. The summed E-state index contributed by atoms with van der Waals surface area (Å²) in [7, 11) is 0. The third kappa shape index (κ3) is 6.34. The molecule has 5 heteroatoms. The first-order valence-corrected chi connectivity index (χ1v) is 10.3. The van der Waals surface area contributed by atoms with Gasteiger partial charge in [0, 0.05) is 13.2 Å². The lowest BCUT2D eigenvalue weighted by Gasteiger charge is -2.21.